The number of amides is 2. The predicted octanol–water partition coefficient (Wildman–Crippen LogP) is 4.28. The van der Waals surface area contributed by atoms with Crippen LogP contribution in [0.15, 0.2) is 71.3 Å². The second-order valence-electron chi connectivity index (χ2n) is 7.63. The number of nitrogens with one attached hydrogen (secondary N) is 1. The van der Waals surface area contributed by atoms with Gasteiger partial charge >= 0.3 is 0 Å². The summed E-state index contributed by atoms with van der Waals surface area (Å²) in [6.45, 7) is 5.46. The summed E-state index contributed by atoms with van der Waals surface area (Å²) >= 11 is 0. The Morgan fingerprint density at radius 1 is 0.969 bits per heavy atom. The van der Waals surface area contributed by atoms with Crippen molar-refractivity contribution >= 4 is 23.2 Å². The van der Waals surface area contributed by atoms with Gasteiger partial charge in [-0.2, -0.15) is 0 Å². The second-order valence-corrected chi connectivity index (χ2v) is 7.63. The number of hydrogen-bond acceptors (Lipinski definition) is 5. The maximum absolute atomic E-state index is 12.5. The minimum atomic E-state index is -0.162. The lowest BCUT2D eigenvalue weighted by molar-refractivity contribution is 0.0714. The first-order valence-corrected chi connectivity index (χ1v) is 10.9. The molecule has 3 aromatic rings. The molecule has 1 aliphatic rings. The molecule has 4 rings (SSSR count). The third kappa shape index (κ3) is 5.11. The van der Waals surface area contributed by atoms with E-state index in [2.05, 4.69) is 17.1 Å². The molecule has 0 saturated carbocycles. The molecule has 1 aliphatic heterocycles. The highest BCUT2D eigenvalue weighted by Crippen LogP contribution is 2.21. The molecule has 2 amide bonds. The molecule has 0 aliphatic carbocycles. The largest absolute Gasteiger partial charge is 0.494 e. The summed E-state index contributed by atoms with van der Waals surface area (Å²) in [5.41, 5.74) is 2.37. The number of ether oxygens (including phenoxy) is 1. The maximum Gasteiger partial charge on any atom is 0.289 e. The van der Waals surface area contributed by atoms with E-state index < -0.39 is 0 Å². The minimum absolute atomic E-state index is 0.0716. The van der Waals surface area contributed by atoms with Crippen LogP contribution in [0.2, 0.25) is 0 Å². The van der Waals surface area contributed by atoms with Crippen LogP contribution in [0.1, 0.15) is 34.3 Å². The molecule has 0 atom stereocenters. The van der Waals surface area contributed by atoms with Crippen molar-refractivity contribution in [3.05, 3.63) is 78.3 Å². The Morgan fingerprint density at radius 2 is 1.69 bits per heavy atom. The zero-order chi connectivity index (χ0) is 22.3. The number of rotatable bonds is 7. The average Bonchev–Trinajstić information content (AvgIpc) is 3.38. The first kappa shape index (κ1) is 21.5. The van der Waals surface area contributed by atoms with Crippen molar-refractivity contribution < 1.29 is 18.7 Å². The summed E-state index contributed by atoms with van der Waals surface area (Å²) in [6, 6.07) is 18.3. The molecular weight excluding hydrogens is 406 g/mol. The van der Waals surface area contributed by atoms with Crippen LogP contribution in [0.3, 0.4) is 0 Å². The van der Waals surface area contributed by atoms with E-state index in [0.717, 1.165) is 36.6 Å². The lowest BCUT2D eigenvalue weighted by Crippen LogP contribution is -2.48. The van der Waals surface area contributed by atoms with E-state index in [0.29, 0.717) is 31.0 Å². The highest BCUT2D eigenvalue weighted by molar-refractivity contribution is 6.04. The zero-order valence-corrected chi connectivity index (χ0v) is 18.1. The molecule has 1 saturated heterocycles. The van der Waals surface area contributed by atoms with Gasteiger partial charge in [0.15, 0.2) is 5.76 Å². The van der Waals surface area contributed by atoms with Gasteiger partial charge in [0.05, 0.1) is 12.9 Å². The molecule has 0 radical (unpaired) electrons. The summed E-state index contributed by atoms with van der Waals surface area (Å²) in [7, 11) is 0. The van der Waals surface area contributed by atoms with Gasteiger partial charge < -0.3 is 24.3 Å². The fourth-order valence-electron chi connectivity index (χ4n) is 3.61. The van der Waals surface area contributed by atoms with Gasteiger partial charge in [0, 0.05) is 43.1 Å². The van der Waals surface area contributed by atoms with Crippen molar-refractivity contribution in [3.63, 3.8) is 0 Å². The molecule has 2 heterocycles. The van der Waals surface area contributed by atoms with Crippen LogP contribution < -0.4 is 15.0 Å². The minimum Gasteiger partial charge on any atom is -0.494 e. The van der Waals surface area contributed by atoms with Crippen molar-refractivity contribution in [1.29, 1.82) is 0 Å². The van der Waals surface area contributed by atoms with E-state index in [9.17, 15) is 9.59 Å². The number of nitrogens with zero attached hydrogens (tertiary/aromatic N) is 2. The Morgan fingerprint density at radius 3 is 2.31 bits per heavy atom. The summed E-state index contributed by atoms with van der Waals surface area (Å²) in [5.74, 6) is 0.905. The van der Waals surface area contributed by atoms with Gasteiger partial charge in [-0.05, 0) is 67.1 Å². The zero-order valence-electron chi connectivity index (χ0n) is 18.1. The second kappa shape index (κ2) is 10.0. The van der Waals surface area contributed by atoms with Crippen molar-refractivity contribution in [2.45, 2.75) is 13.3 Å². The van der Waals surface area contributed by atoms with Crippen molar-refractivity contribution in [3.8, 4) is 5.75 Å². The smallest absolute Gasteiger partial charge is 0.289 e. The maximum atomic E-state index is 12.5. The van der Waals surface area contributed by atoms with E-state index in [1.165, 1.54) is 6.26 Å². The van der Waals surface area contributed by atoms with E-state index >= 15 is 0 Å². The number of carbonyl (C=O) groups excluding carboxylic acids is 2. The molecule has 1 fully saturated rings. The van der Waals surface area contributed by atoms with Gasteiger partial charge in [0.1, 0.15) is 5.75 Å². The highest BCUT2D eigenvalue weighted by Gasteiger charge is 2.23. The number of benzene rings is 2. The van der Waals surface area contributed by atoms with E-state index in [-0.39, 0.29) is 11.8 Å². The summed E-state index contributed by atoms with van der Waals surface area (Å²) < 4.78 is 10.8. The SMILES string of the molecule is CCCOc1ccc(C(=O)Nc2ccc(N3CCN(C(=O)c4ccco4)CC3)cc2)cc1. The standard InChI is InChI=1S/C25H27N3O4/c1-2-17-31-22-11-5-19(6-12-22)24(29)26-20-7-9-21(10-8-20)27-13-15-28(16-14-27)25(30)23-4-3-18-32-23/h3-12,18H,2,13-17H2,1H3,(H,26,29). The van der Waals surface area contributed by atoms with Crippen LogP contribution in [0, 0.1) is 0 Å². The van der Waals surface area contributed by atoms with Crippen molar-refractivity contribution in [2.24, 2.45) is 0 Å². The van der Waals surface area contributed by atoms with Crippen LogP contribution >= 0.6 is 0 Å². The molecule has 0 spiro atoms. The van der Waals surface area contributed by atoms with Crippen LogP contribution in [0.5, 0.6) is 5.75 Å². The van der Waals surface area contributed by atoms with Gasteiger partial charge in [-0.1, -0.05) is 6.92 Å². The van der Waals surface area contributed by atoms with E-state index in [1.807, 2.05) is 41.3 Å². The first-order valence-electron chi connectivity index (χ1n) is 10.9. The predicted molar refractivity (Wildman–Crippen MR) is 123 cm³/mol. The Bertz CT molecular complexity index is 1020. The molecule has 2 aromatic carbocycles. The molecule has 0 bridgehead atoms. The number of hydrogen-bond donors (Lipinski definition) is 1. The normalized spacial score (nSPS) is 13.7. The van der Waals surface area contributed by atoms with Gasteiger partial charge in [0.25, 0.3) is 11.8 Å². The molecular formula is C25H27N3O4. The fraction of sp³-hybridized carbons (Fsp3) is 0.280. The Balaban J connectivity index is 1.29. The average molecular weight is 434 g/mol. The van der Waals surface area contributed by atoms with Crippen LogP contribution in [-0.4, -0.2) is 49.5 Å². The highest BCUT2D eigenvalue weighted by atomic mass is 16.5. The first-order chi connectivity index (χ1) is 15.6. The Hall–Kier alpha value is -3.74. The number of carbonyl (C=O) groups is 2. The third-order valence-corrected chi connectivity index (χ3v) is 5.38. The van der Waals surface area contributed by atoms with Crippen molar-refractivity contribution in [1.82, 2.24) is 4.90 Å². The molecule has 32 heavy (non-hydrogen) atoms. The topological polar surface area (TPSA) is 75.0 Å². The molecule has 1 N–H and O–H groups in total. The van der Waals surface area contributed by atoms with E-state index in [1.54, 1.807) is 24.3 Å². The Labute approximate surface area is 187 Å². The van der Waals surface area contributed by atoms with Crippen LogP contribution in [0.4, 0.5) is 11.4 Å². The van der Waals surface area contributed by atoms with Crippen LogP contribution in [0.25, 0.3) is 0 Å². The molecule has 7 heteroatoms. The number of furan rings is 1. The molecule has 0 unspecified atom stereocenters. The van der Waals surface area contributed by atoms with Gasteiger partial charge in [-0.25, -0.2) is 0 Å². The molecule has 7 nitrogen and oxygen atoms in total. The van der Waals surface area contributed by atoms with Gasteiger partial charge in [0.2, 0.25) is 0 Å². The Kier molecular flexibility index (Phi) is 6.75. The summed E-state index contributed by atoms with van der Waals surface area (Å²) in [5, 5.41) is 2.93. The van der Waals surface area contributed by atoms with E-state index in [4.69, 9.17) is 9.15 Å². The van der Waals surface area contributed by atoms with Gasteiger partial charge in [-0.15, -0.1) is 0 Å². The monoisotopic (exact) mass is 433 g/mol. The lowest BCUT2D eigenvalue weighted by atomic mass is 10.2. The number of anilines is 2. The van der Waals surface area contributed by atoms with Crippen LogP contribution in [-0.2, 0) is 0 Å². The summed E-state index contributed by atoms with van der Waals surface area (Å²) in [6.07, 6.45) is 2.46. The van der Waals surface area contributed by atoms with Crippen molar-refractivity contribution in [2.75, 3.05) is 43.0 Å². The molecule has 1 aromatic heterocycles. The van der Waals surface area contributed by atoms with Gasteiger partial charge in [-0.3, -0.25) is 9.59 Å². The third-order valence-electron chi connectivity index (χ3n) is 5.38. The number of piperazine rings is 1. The fourth-order valence-corrected chi connectivity index (χ4v) is 3.61. The quantitative estimate of drug-likeness (QED) is 0.602. The lowest BCUT2D eigenvalue weighted by Gasteiger charge is -2.35. The molecule has 166 valence electrons. The summed E-state index contributed by atoms with van der Waals surface area (Å²) in [4.78, 5) is 29.0.